The molecule has 1 aliphatic rings. The van der Waals surface area contributed by atoms with Gasteiger partial charge in [-0.25, -0.2) is 4.98 Å². The molecule has 0 amide bonds. The normalized spacial score (nSPS) is 15.1. The minimum atomic E-state index is 0.0452. The maximum absolute atomic E-state index is 12.9. The van der Waals surface area contributed by atoms with Crippen molar-refractivity contribution in [3.8, 4) is 0 Å². The molecule has 1 aromatic carbocycles. The SMILES string of the molecule is Cc1nc2ccccn2c(=O)c1CCN1CC=C(c2c[nH]c3cc(Cl)ccc23)CC1. The van der Waals surface area contributed by atoms with E-state index in [1.54, 1.807) is 10.6 Å². The fraction of sp³-hybridized carbons (Fsp3) is 0.250. The second-order valence-electron chi connectivity index (χ2n) is 7.83. The number of pyridine rings is 1. The van der Waals surface area contributed by atoms with Crippen LogP contribution in [-0.2, 0) is 6.42 Å². The molecule has 152 valence electrons. The van der Waals surface area contributed by atoms with Gasteiger partial charge in [-0.15, -0.1) is 0 Å². The molecule has 30 heavy (non-hydrogen) atoms. The Balaban J connectivity index is 1.31. The number of fused-ring (bicyclic) bond motifs is 2. The molecule has 3 aromatic heterocycles. The van der Waals surface area contributed by atoms with Gasteiger partial charge in [-0.1, -0.05) is 29.8 Å². The van der Waals surface area contributed by atoms with Crippen LogP contribution in [0.15, 0.2) is 59.7 Å². The Morgan fingerprint density at radius 2 is 2.13 bits per heavy atom. The van der Waals surface area contributed by atoms with Crippen LogP contribution >= 0.6 is 11.6 Å². The van der Waals surface area contributed by atoms with Gasteiger partial charge < -0.3 is 4.98 Å². The van der Waals surface area contributed by atoms with Crippen molar-refractivity contribution in [1.29, 1.82) is 0 Å². The first kappa shape index (κ1) is 19.1. The van der Waals surface area contributed by atoms with Crippen LogP contribution in [0.1, 0.15) is 23.2 Å². The summed E-state index contributed by atoms with van der Waals surface area (Å²) in [5, 5.41) is 1.96. The van der Waals surface area contributed by atoms with Crippen LogP contribution < -0.4 is 5.56 Å². The third kappa shape index (κ3) is 3.44. The highest BCUT2D eigenvalue weighted by Crippen LogP contribution is 2.30. The van der Waals surface area contributed by atoms with Gasteiger partial charge in [0.05, 0.1) is 0 Å². The predicted octanol–water partition coefficient (Wildman–Crippen LogP) is 4.47. The quantitative estimate of drug-likeness (QED) is 0.532. The molecular formula is C24H23ClN4O. The number of hydrogen-bond acceptors (Lipinski definition) is 3. The highest BCUT2D eigenvalue weighted by molar-refractivity contribution is 6.31. The summed E-state index contributed by atoms with van der Waals surface area (Å²) in [5.74, 6) is 0. The fourth-order valence-electron chi connectivity index (χ4n) is 4.32. The molecule has 4 aromatic rings. The van der Waals surface area contributed by atoms with Crippen molar-refractivity contribution in [1.82, 2.24) is 19.3 Å². The van der Waals surface area contributed by atoms with Crippen molar-refractivity contribution in [2.45, 2.75) is 19.8 Å². The van der Waals surface area contributed by atoms with E-state index in [9.17, 15) is 4.79 Å². The van der Waals surface area contributed by atoms with E-state index in [0.29, 0.717) is 12.1 Å². The summed E-state index contributed by atoms with van der Waals surface area (Å²) in [6.07, 6.45) is 7.87. The molecule has 4 heterocycles. The van der Waals surface area contributed by atoms with Gasteiger partial charge in [0.2, 0.25) is 0 Å². The summed E-state index contributed by atoms with van der Waals surface area (Å²) in [6.45, 7) is 4.65. The zero-order valence-corrected chi connectivity index (χ0v) is 17.6. The Labute approximate surface area is 179 Å². The lowest BCUT2D eigenvalue weighted by Gasteiger charge is -2.26. The van der Waals surface area contributed by atoms with Crippen LogP contribution in [0.3, 0.4) is 0 Å². The number of rotatable bonds is 4. The molecule has 5 rings (SSSR count). The number of nitrogens with zero attached hydrogens (tertiary/aromatic N) is 3. The molecule has 0 saturated heterocycles. The molecule has 0 spiro atoms. The van der Waals surface area contributed by atoms with E-state index in [0.717, 1.165) is 47.9 Å². The predicted molar refractivity (Wildman–Crippen MR) is 122 cm³/mol. The maximum Gasteiger partial charge on any atom is 0.261 e. The lowest BCUT2D eigenvalue weighted by molar-refractivity contribution is 0.305. The molecule has 0 unspecified atom stereocenters. The third-order valence-corrected chi connectivity index (χ3v) is 6.23. The van der Waals surface area contributed by atoms with Crippen LogP contribution in [0.5, 0.6) is 0 Å². The van der Waals surface area contributed by atoms with Gasteiger partial charge >= 0.3 is 0 Å². The van der Waals surface area contributed by atoms with Gasteiger partial charge in [0.25, 0.3) is 5.56 Å². The number of aromatic nitrogens is 3. The summed E-state index contributed by atoms with van der Waals surface area (Å²) < 4.78 is 1.64. The molecule has 0 aliphatic carbocycles. The average molecular weight is 419 g/mol. The molecule has 0 fully saturated rings. The highest BCUT2D eigenvalue weighted by Gasteiger charge is 2.17. The fourth-order valence-corrected chi connectivity index (χ4v) is 4.49. The van der Waals surface area contributed by atoms with Gasteiger partial charge in [-0.3, -0.25) is 14.1 Å². The summed E-state index contributed by atoms with van der Waals surface area (Å²) in [4.78, 5) is 23.2. The van der Waals surface area contributed by atoms with Gasteiger partial charge in [-0.2, -0.15) is 0 Å². The summed E-state index contributed by atoms with van der Waals surface area (Å²) in [6, 6.07) is 11.6. The lowest BCUT2D eigenvalue weighted by Crippen LogP contribution is -2.32. The Morgan fingerprint density at radius 3 is 2.97 bits per heavy atom. The highest BCUT2D eigenvalue weighted by atomic mass is 35.5. The molecular weight excluding hydrogens is 396 g/mol. The summed E-state index contributed by atoms with van der Waals surface area (Å²) in [5.41, 5.74) is 6.08. The van der Waals surface area contributed by atoms with E-state index in [1.165, 1.54) is 16.5 Å². The van der Waals surface area contributed by atoms with Crippen molar-refractivity contribution in [3.63, 3.8) is 0 Å². The largest absolute Gasteiger partial charge is 0.361 e. The van der Waals surface area contributed by atoms with E-state index >= 15 is 0 Å². The van der Waals surface area contributed by atoms with Crippen LogP contribution in [0, 0.1) is 6.92 Å². The number of aromatic amines is 1. The smallest absolute Gasteiger partial charge is 0.261 e. The van der Waals surface area contributed by atoms with Crippen molar-refractivity contribution in [2.24, 2.45) is 0 Å². The number of hydrogen-bond donors (Lipinski definition) is 1. The molecule has 1 N–H and O–H groups in total. The van der Waals surface area contributed by atoms with E-state index in [-0.39, 0.29) is 5.56 Å². The number of H-pyrrole nitrogens is 1. The van der Waals surface area contributed by atoms with Gasteiger partial charge in [0, 0.05) is 64.8 Å². The minimum absolute atomic E-state index is 0.0452. The Hall–Kier alpha value is -2.89. The van der Waals surface area contributed by atoms with Crippen molar-refractivity contribution in [2.75, 3.05) is 19.6 Å². The summed E-state index contributed by atoms with van der Waals surface area (Å²) in [7, 11) is 0. The number of benzene rings is 1. The number of halogens is 1. The molecule has 0 atom stereocenters. The first-order chi connectivity index (χ1) is 14.6. The Kier molecular flexibility index (Phi) is 4.93. The maximum atomic E-state index is 12.9. The lowest BCUT2D eigenvalue weighted by atomic mass is 9.98. The molecule has 5 nitrogen and oxygen atoms in total. The first-order valence-corrected chi connectivity index (χ1v) is 10.6. The standard InChI is InChI=1S/C24H23ClN4O/c1-16-19(24(30)29-10-3-2-4-23(29)27-16)9-13-28-11-7-17(8-12-28)21-15-26-22-14-18(25)5-6-20(21)22/h2-7,10,14-15,26H,8-9,11-13H2,1H3. The van der Waals surface area contributed by atoms with E-state index in [2.05, 4.69) is 33.2 Å². The minimum Gasteiger partial charge on any atom is -0.361 e. The van der Waals surface area contributed by atoms with Gasteiger partial charge in [0.1, 0.15) is 5.65 Å². The molecule has 6 heteroatoms. The van der Waals surface area contributed by atoms with Gasteiger partial charge in [-0.05, 0) is 49.6 Å². The van der Waals surface area contributed by atoms with Crippen LogP contribution in [0.25, 0.3) is 22.1 Å². The third-order valence-electron chi connectivity index (χ3n) is 6.00. The molecule has 1 aliphatic heterocycles. The molecule has 0 bridgehead atoms. The Bertz CT molecular complexity index is 1330. The number of nitrogens with one attached hydrogen (secondary N) is 1. The monoisotopic (exact) mass is 418 g/mol. The van der Waals surface area contributed by atoms with Crippen molar-refractivity contribution < 1.29 is 0 Å². The van der Waals surface area contributed by atoms with Crippen LogP contribution in [-0.4, -0.2) is 38.9 Å². The zero-order valence-electron chi connectivity index (χ0n) is 16.9. The topological polar surface area (TPSA) is 53.4 Å². The van der Waals surface area contributed by atoms with Gasteiger partial charge in [0.15, 0.2) is 0 Å². The van der Waals surface area contributed by atoms with Crippen molar-refractivity contribution >= 4 is 33.7 Å². The average Bonchev–Trinajstić information content (AvgIpc) is 3.17. The second kappa shape index (κ2) is 7.74. The second-order valence-corrected chi connectivity index (χ2v) is 8.27. The van der Waals surface area contributed by atoms with Crippen molar-refractivity contribution in [3.05, 3.63) is 87.1 Å². The first-order valence-electron chi connectivity index (χ1n) is 10.3. The van der Waals surface area contributed by atoms with E-state index in [4.69, 9.17) is 11.6 Å². The Morgan fingerprint density at radius 1 is 1.23 bits per heavy atom. The zero-order chi connectivity index (χ0) is 20.7. The van der Waals surface area contributed by atoms with E-state index in [1.807, 2.05) is 37.3 Å². The van der Waals surface area contributed by atoms with E-state index < -0.39 is 0 Å². The summed E-state index contributed by atoms with van der Waals surface area (Å²) >= 11 is 6.10. The molecule has 0 saturated carbocycles. The van der Waals surface area contributed by atoms with Crippen LogP contribution in [0.4, 0.5) is 0 Å². The van der Waals surface area contributed by atoms with Crippen LogP contribution in [0.2, 0.25) is 5.02 Å². The number of aryl methyl sites for hydroxylation is 1. The molecule has 0 radical (unpaired) electrons.